The summed E-state index contributed by atoms with van der Waals surface area (Å²) in [7, 11) is -2.35. The minimum absolute atomic E-state index is 0.0696. The normalized spacial score (nSPS) is 19.3. The van der Waals surface area contributed by atoms with E-state index in [2.05, 4.69) is 78.1 Å². The summed E-state index contributed by atoms with van der Waals surface area (Å²) in [6, 6.07) is 30.9. The van der Waals surface area contributed by atoms with Crippen LogP contribution in [0.5, 0.6) is 0 Å². The van der Waals surface area contributed by atoms with Crippen molar-refractivity contribution in [2.24, 2.45) is 5.92 Å². The molecule has 8 heteroatoms. The number of hydrogen-bond donors (Lipinski definition) is 1. The number of esters is 1. The average molecular weight is 582 g/mol. The van der Waals surface area contributed by atoms with Gasteiger partial charge >= 0.3 is 5.97 Å². The molecule has 0 aromatic heterocycles. The van der Waals surface area contributed by atoms with Gasteiger partial charge in [-0.2, -0.15) is 0 Å². The number of nitrogens with one attached hydrogen (secondary N) is 1. The van der Waals surface area contributed by atoms with Gasteiger partial charge in [-0.3, -0.25) is 0 Å². The van der Waals surface area contributed by atoms with Crippen LogP contribution in [0.25, 0.3) is 0 Å². The minimum Gasteiger partial charge on any atom is -0.467 e. The molecule has 40 heavy (non-hydrogen) atoms. The Balaban J connectivity index is 1.69. The second-order valence-electron chi connectivity index (χ2n) is 10.7. The molecule has 4 atom stereocenters. The number of rotatable bonds is 12. The molecular weight excluding hydrogens is 542 g/mol. The Morgan fingerprint density at radius 2 is 1.40 bits per heavy atom. The summed E-state index contributed by atoms with van der Waals surface area (Å²) in [4.78, 5) is 12.5. The predicted octanol–water partition coefficient (Wildman–Crippen LogP) is 5.42. The molecule has 0 amide bonds. The number of carbonyl (C=O) groups excluding carboxylic acids is 1. The molecule has 1 fully saturated rings. The number of methoxy groups -OCH3 is 1. The Labute approximate surface area is 242 Å². The van der Waals surface area contributed by atoms with Crippen LogP contribution in [0.4, 0.5) is 0 Å². The van der Waals surface area contributed by atoms with Crippen LogP contribution in [0.1, 0.15) is 43.4 Å². The first-order valence-corrected chi connectivity index (χ1v) is 16.5. The SMILES string of the molecule is COC(=O)C(CC(C)C)O[C@H]([C@@H]1C[C@@H](SC(c2ccccc2)(c2ccccc2)c2ccccc2)CN1)S(C)(=O)=O. The van der Waals surface area contributed by atoms with Gasteiger partial charge in [0.15, 0.2) is 21.4 Å². The second kappa shape index (κ2) is 13.3. The molecule has 6 nitrogen and oxygen atoms in total. The first kappa shape index (κ1) is 30.3. The Morgan fingerprint density at radius 1 is 0.925 bits per heavy atom. The largest absolute Gasteiger partial charge is 0.467 e. The lowest BCUT2D eigenvalue weighted by molar-refractivity contribution is -0.157. The Morgan fingerprint density at radius 3 is 1.80 bits per heavy atom. The summed E-state index contributed by atoms with van der Waals surface area (Å²) in [5.41, 5.74) is 2.29. The second-order valence-corrected chi connectivity index (χ2v) is 14.4. The third-order valence-corrected chi connectivity index (χ3v) is 10.2. The molecule has 1 saturated heterocycles. The van der Waals surface area contributed by atoms with Gasteiger partial charge in [0.2, 0.25) is 0 Å². The van der Waals surface area contributed by atoms with Crippen molar-refractivity contribution in [2.45, 2.75) is 54.3 Å². The zero-order valence-electron chi connectivity index (χ0n) is 23.5. The fourth-order valence-electron chi connectivity index (χ4n) is 5.43. The maximum absolute atomic E-state index is 13.0. The maximum Gasteiger partial charge on any atom is 0.335 e. The number of benzene rings is 3. The highest BCUT2D eigenvalue weighted by atomic mass is 32.2. The average Bonchev–Trinajstić information content (AvgIpc) is 3.41. The zero-order chi connectivity index (χ0) is 28.8. The summed E-state index contributed by atoms with van der Waals surface area (Å²) in [5.74, 6) is -0.421. The fourth-order valence-corrected chi connectivity index (χ4v) is 8.37. The van der Waals surface area contributed by atoms with Gasteiger partial charge < -0.3 is 14.8 Å². The summed E-state index contributed by atoms with van der Waals surface area (Å²) in [5, 5.41) is 3.50. The van der Waals surface area contributed by atoms with E-state index in [4.69, 9.17) is 9.47 Å². The summed E-state index contributed by atoms with van der Waals surface area (Å²) >= 11 is 1.83. The van der Waals surface area contributed by atoms with E-state index in [0.717, 1.165) is 16.7 Å². The van der Waals surface area contributed by atoms with E-state index < -0.39 is 38.1 Å². The molecule has 3 aromatic carbocycles. The molecule has 0 saturated carbocycles. The van der Waals surface area contributed by atoms with E-state index in [9.17, 15) is 13.2 Å². The van der Waals surface area contributed by atoms with Crippen LogP contribution in [-0.4, -0.2) is 57.1 Å². The van der Waals surface area contributed by atoms with Crippen molar-refractivity contribution in [1.82, 2.24) is 5.32 Å². The molecule has 4 rings (SSSR count). The number of hydrogen-bond acceptors (Lipinski definition) is 7. The maximum atomic E-state index is 13.0. The van der Waals surface area contributed by atoms with Gasteiger partial charge in [-0.1, -0.05) is 105 Å². The van der Waals surface area contributed by atoms with Crippen LogP contribution in [0.3, 0.4) is 0 Å². The van der Waals surface area contributed by atoms with Crippen molar-refractivity contribution < 1.29 is 22.7 Å². The predicted molar refractivity (Wildman–Crippen MR) is 162 cm³/mol. The highest BCUT2D eigenvalue weighted by Crippen LogP contribution is 2.51. The molecule has 1 heterocycles. The van der Waals surface area contributed by atoms with Crippen molar-refractivity contribution in [3.8, 4) is 0 Å². The van der Waals surface area contributed by atoms with Gasteiger partial charge in [0.1, 0.15) is 0 Å². The molecule has 1 aliphatic rings. The highest BCUT2D eigenvalue weighted by Gasteiger charge is 2.45. The van der Waals surface area contributed by atoms with Gasteiger partial charge in [-0.15, -0.1) is 11.8 Å². The van der Waals surface area contributed by atoms with E-state index in [-0.39, 0.29) is 11.2 Å². The van der Waals surface area contributed by atoms with Gasteiger partial charge in [-0.25, -0.2) is 13.2 Å². The van der Waals surface area contributed by atoms with Gasteiger partial charge in [0, 0.05) is 24.1 Å². The molecule has 0 bridgehead atoms. The Hall–Kier alpha value is -2.65. The summed E-state index contributed by atoms with van der Waals surface area (Å²) < 4.78 is 36.5. The minimum atomic E-state index is -3.65. The molecule has 0 radical (unpaired) electrons. The highest BCUT2D eigenvalue weighted by molar-refractivity contribution is 8.01. The van der Waals surface area contributed by atoms with Crippen LogP contribution in [0.2, 0.25) is 0 Å². The third-order valence-electron chi connectivity index (χ3n) is 7.21. The standard InChI is InChI=1S/C32H39NO5S2/c1-23(2)20-29(30(34)37-3)38-31(40(4,35)36)28-21-27(22-33-28)39-32(24-14-8-5-9-15-24,25-16-10-6-11-17-25)26-18-12-7-13-19-26/h5-19,23,27-29,31,33H,20-22H2,1-4H3/t27-,28+,29?,31+/m1/s1. The molecule has 1 N–H and O–H groups in total. The number of thioether (sulfide) groups is 1. The van der Waals surface area contributed by atoms with Gasteiger partial charge in [-0.05, 0) is 35.4 Å². The molecule has 1 unspecified atom stereocenters. The van der Waals surface area contributed by atoms with Crippen molar-refractivity contribution in [3.05, 3.63) is 108 Å². The van der Waals surface area contributed by atoms with Crippen molar-refractivity contribution in [3.63, 3.8) is 0 Å². The van der Waals surface area contributed by atoms with Gasteiger partial charge in [0.25, 0.3) is 0 Å². The van der Waals surface area contributed by atoms with E-state index in [1.54, 1.807) is 0 Å². The van der Waals surface area contributed by atoms with E-state index in [1.807, 2.05) is 43.8 Å². The van der Waals surface area contributed by atoms with E-state index in [0.29, 0.717) is 19.4 Å². The lowest BCUT2D eigenvalue weighted by Gasteiger charge is -2.37. The van der Waals surface area contributed by atoms with Crippen molar-refractivity contribution in [1.29, 1.82) is 0 Å². The molecule has 0 aliphatic carbocycles. The smallest absolute Gasteiger partial charge is 0.335 e. The monoisotopic (exact) mass is 581 g/mol. The molecular formula is C32H39NO5S2. The van der Waals surface area contributed by atoms with Crippen LogP contribution < -0.4 is 5.32 Å². The van der Waals surface area contributed by atoms with Crippen molar-refractivity contribution >= 4 is 27.6 Å². The molecule has 0 spiro atoms. The van der Waals surface area contributed by atoms with Crippen LogP contribution in [0, 0.1) is 5.92 Å². The summed E-state index contributed by atoms with van der Waals surface area (Å²) in [6.07, 6.45) is 1.16. The molecule has 3 aromatic rings. The fraction of sp³-hybridized carbons (Fsp3) is 0.406. The first-order chi connectivity index (χ1) is 19.1. The molecule has 1 aliphatic heterocycles. The van der Waals surface area contributed by atoms with Crippen LogP contribution >= 0.6 is 11.8 Å². The lowest BCUT2D eigenvalue weighted by Crippen LogP contribution is -2.46. The zero-order valence-corrected chi connectivity index (χ0v) is 25.2. The number of ether oxygens (including phenoxy) is 2. The Kier molecular flexibility index (Phi) is 10.1. The quantitative estimate of drug-likeness (QED) is 0.226. The third kappa shape index (κ3) is 6.97. The lowest BCUT2D eigenvalue weighted by atomic mass is 9.84. The topological polar surface area (TPSA) is 81.7 Å². The van der Waals surface area contributed by atoms with E-state index >= 15 is 0 Å². The van der Waals surface area contributed by atoms with Crippen LogP contribution in [-0.2, 0) is 28.9 Å². The number of carbonyl (C=O) groups is 1. The van der Waals surface area contributed by atoms with E-state index in [1.165, 1.54) is 13.4 Å². The van der Waals surface area contributed by atoms with Crippen LogP contribution in [0.15, 0.2) is 91.0 Å². The number of sulfone groups is 1. The summed E-state index contributed by atoms with van der Waals surface area (Å²) in [6.45, 7) is 4.53. The van der Waals surface area contributed by atoms with Crippen molar-refractivity contribution in [2.75, 3.05) is 19.9 Å². The first-order valence-electron chi connectivity index (χ1n) is 13.6. The Bertz CT molecular complexity index is 1240. The van der Waals surface area contributed by atoms with Gasteiger partial charge in [0.05, 0.1) is 11.9 Å². The molecule has 214 valence electrons.